The van der Waals surface area contributed by atoms with Crippen LogP contribution in [0.5, 0.6) is 23.0 Å². The molecule has 300 valence electrons. The number of benzene rings is 7. The zero-order valence-electron chi connectivity index (χ0n) is 33.3. The van der Waals surface area contributed by atoms with E-state index >= 15 is 0 Å². The second kappa shape index (κ2) is 21.3. The lowest BCUT2D eigenvalue weighted by molar-refractivity contribution is 0.0647. The van der Waals surface area contributed by atoms with Crippen LogP contribution in [0.1, 0.15) is 45.7 Å². The smallest absolute Gasteiger partial charge is 0.142 e. The number of hydrogen-bond donors (Lipinski definition) is 2. The molecule has 0 aromatic heterocycles. The molecule has 3 N–H and O–H groups in total. The summed E-state index contributed by atoms with van der Waals surface area (Å²) in [7, 11) is 0. The summed E-state index contributed by atoms with van der Waals surface area (Å²) >= 11 is 0. The molecule has 0 saturated heterocycles. The van der Waals surface area contributed by atoms with E-state index in [1.54, 1.807) is 6.07 Å². The van der Waals surface area contributed by atoms with Crippen molar-refractivity contribution in [1.82, 2.24) is 4.90 Å². The number of nitrogens with zero attached hydrogens (tertiary/aromatic N) is 1. The first-order valence-electron chi connectivity index (χ1n) is 20.2. The van der Waals surface area contributed by atoms with Gasteiger partial charge in [0, 0.05) is 25.1 Å². The molecule has 0 aliphatic carbocycles. The Hall–Kier alpha value is -6.54. The fraction of sp³-hybridized carbons (Fsp3) is 0.192. The van der Waals surface area contributed by atoms with Crippen LogP contribution in [0.15, 0.2) is 188 Å². The van der Waals surface area contributed by atoms with E-state index in [4.69, 9.17) is 24.7 Å². The maximum atomic E-state index is 11.4. The molecule has 0 spiro atoms. The van der Waals surface area contributed by atoms with Crippen molar-refractivity contribution < 1.29 is 24.1 Å². The fourth-order valence-corrected chi connectivity index (χ4v) is 7.01. The molecule has 59 heavy (non-hydrogen) atoms. The van der Waals surface area contributed by atoms with Crippen molar-refractivity contribution >= 4 is 5.69 Å². The van der Waals surface area contributed by atoms with Crippen molar-refractivity contribution in [3.05, 3.63) is 221 Å². The van der Waals surface area contributed by atoms with Crippen LogP contribution in [0.4, 0.5) is 5.69 Å². The molecule has 0 radical (unpaired) electrons. The SMILES string of the molecule is Nc1cc(OCC(O)CN(CCC(c2ccc(OCc3ccccc3)cc2)c2ccc(OCc3ccccc3)cc2)Cc2ccccc2)ccc1OCc1ccccc1. The average Bonchev–Trinajstić information content (AvgIpc) is 3.29. The van der Waals surface area contributed by atoms with Crippen LogP contribution in [0, 0.1) is 0 Å². The van der Waals surface area contributed by atoms with Gasteiger partial charge in [-0.15, -0.1) is 0 Å². The lowest BCUT2D eigenvalue weighted by Crippen LogP contribution is -2.36. The third kappa shape index (κ3) is 12.7. The van der Waals surface area contributed by atoms with Gasteiger partial charge in [0.05, 0.1) is 5.69 Å². The average molecular weight is 785 g/mol. The maximum Gasteiger partial charge on any atom is 0.142 e. The minimum atomic E-state index is -0.741. The first-order chi connectivity index (χ1) is 29.0. The largest absolute Gasteiger partial charge is 0.491 e. The van der Waals surface area contributed by atoms with Gasteiger partial charge in [0.25, 0.3) is 0 Å². The highest BCUT2D eigenvalue weighted by Crippen LogP contribution is 2.32. The summed E-state index contributed by atoms with van der Waals surface area (Å²) in [5, 5.41) is 11.4. The standard InChI is InChI=1S/C52H52N2O5/c53-51-33-49(29-30-52(51)59-38-43-19-11-4-12-20-43)58-39-46(55)35-54(34-40-13-5-1-6-14-40)32-31-50(44-21-25-47(26-22-44)56-36-41-15-7-2-8-16-41)45-23-27-48(28-24-45)57-37-42-17-9-3-10-18-42/h1-30,33,46,50,55H,31-32,34-39,53H2. The minimum absolute atomic E-state index is 0.0820. The normalized spacial score (nSPS) is 11.6. The lowest BCUT2D eigenvalue weighted by Gasteiger charge is -2.28. The van der Waals surface area contributed by atoms with Crippen molar-refractivity contribution in [3.8, 4) is 23.0 Å². The summed E-state index contributed by atoms with van der Waals surface area (Å²) < 4.78 is 24.3. The van der Waals surface area contributed by atoms with Crippen LogP contribution in [0.2, 0.25) is 0 Å². The Labute approximate surface area is 348 Å². The molecule has 7 rings (SSSR count). The Bertz CT molecular complexity index is 2170. The van der Waals surface area contributed by atoms with Crippen LogP contribution in [-0.2, 0) is 26.4 Å². The number of nitrogens with two attached hydrogens (primary N) is 1. The van der Waals surface area contributed by atoms with Gasteiger partial charge in [0.15, 0.2) is 0 Å². The highest BCUT2D eigenvalue weighted by molar-refractivity contribution is 5.56. The van der Waals surface area contributed by atoms with Crippen molar-refractivity contribution in [2.75, 3.05) is 25.4 Å². The van der Waals surface area contributed by atoms with Crippen molar-refractivity contribution in [2.45, 2.75) is 44.8 Å². The third-order valence-corrected chi connectivity index (χ3v) is 10.2. The number of aliphatic hydroxyl groups excluding tert-OH is 1. The second-order valence-electron chi connectivity index (χ2n) is 14.7. The van der Waals surface area contributed by atoms with Gasteiger partial charge in [-0.2, -0.15) is 0 Å². The van der Waals surface area contributed by atoms with Gasteiger partial charge in [-0.05, 0) is 82.7 Å². The maximum absolute atomic E-state index is 11.4. The quantitative estimate of drug-likeness (QED) is 0.0702. The monoisotopic (exact) mass is 784 g/mol. The zero-order valence-corrected chi connectivity index (χ0v) is 33.3. The first kappa shape index (κ1) is 40.6. The van der Waals surface area contributed by atoms with Gasteiger partial charge in [0.2, 0.25) is 0 Å². The van der Waals surface area contributed by atoms with E-state index in [0.29, 0.717) is 50.1 Å². The predicted molar refractivity (Wildman–Crippen MR) is 236 cm³/mol. The first-order valence-corrected chi connectivity index (χ1v) is 20.2. The molecule has 0 bridgehead atoms. The number of hydrogen-bond acceptors (Lipinski definition) is 7. The van der Waals surface area contributed by atoms with Gasteiger partial charge in [-0.3, -0.25) is 4.90 Å². The van der Waals surface area contributed by atoms with E-state index in [0.717, 1.165) is 41.2 Å². The molecule has 7 aromatic rings. The summed E-state index contributed by atoms with van der Waals surface area (Å²) in [6.07, 6.45) is 0.0741. The van der Waals surface area contributed by atoms with Gasteiger partial charge in [-0.1, -0.05) is 146 Å². The molecular formula is C52H52N2O5. The van der Waals surface area contributed by atoms with Crippen LogP contribution in [0.3, 0.4) is 0 Å². The van der Waals surface area contributed by atoms with E-state index in [1.165, 1.54) is 16.7 Å². The Morgan fingerprint density at radius 3 is 1.39 bits per heavy atom. The van der Waals surface area contributed by atoms with Crippen LogP contribution < -0.4 is 24.7 Å². The van der Waals surface area contributed by atoms with E-state index in [-0.39, 0.29) is 12.5 Å². The summed E-state index contributed by atoms with van der Waals surface area (Å²) in [5.74, 6) is 2.90. The van der Waals surface area contributed by atoms with Crippen molar-refractivity contribution in [2.24, 2.45) is 0 Å². The zero-order chi connectivity index (χ0) is 40.5. The van der Waals surface area contributed by atoms with Gasteiger partial charge < -0.3 is 29.8 Å². The van der Waals surface area contributed by atoms with E-state index < -0.39 is 6.10 Å². The van der Waals surface area contributed by atoms with Crippen molar-refractivity contribution in [1.29, 1.82) is 0 Å². The Morgan fingerprint density at radius 2 is 0.915 bits per heavy atom. The summed E-state index contributed by atoms with van der Waals surface area (Å²) in [5.41, 5.74) is 13.7. The Kier molecular flexibility index (Phi) is 14.7. The van der Waals surface area contributed by atoms with Gasteiger partial charge >= 0.3 is 0 Å². The highest BCUT2D eigenvalue weighted by atomic mass is 16.5. The summed E-state index contributed by atoms with van der Waals surface area (Å²) in [6.45, 7) is 3.40. The molecule has 0 amide bonds. The number of ether oxygens (including phenoxy) is 4. The third-order valence-electron chi connectivity index (χ3n) is 10.2. The molecule has 1 atom stereocenters. The molecule has 7 nitrogen and oxygen atoms in total. The minimum Gasteiger partial charge on any atom is -0.491 e. The summed E-state index contributed by atoms with van der Waals surface area (Å²) in [6, 6.07) is 63.0. The van der Waals surface area contributed by atoms with Crippen molar-refractivity contribution in [3.63, 3.8) is 0 Å². The molecule has 0 fully saturated rings. The fourth-order valence-electron chi connectivity index (χ4n) is 7.01. The molecule has 0 heterocycles. The van der Waals surface area contributed by atoms with E-state index in [1.807, 2.05) is 84.9 Å². The van der Waals surface area contributed by atoms with Crippen LogP contribution >= 0.6 is 0 Å². The topological polar surface area (TPSA) is 86.4 Å². The Morgan fingerprint density at radius 1 is 0.475 bits per heavy atom. The van der Waals surface area contributed by atoms with E-state index in [9.17, 15) is 5.11 Å². The number of rotatable bonds is 21. The molecular weight excluding hydrogens is 733 g/mol. The molecule has 7 aromatic carbocycles. The molecule has 7 heteroatoms. The van der Waals surface area contributed by atoms with Gasteiger partial charge in [0.1, 0.15) is 55.5 Å². The van der Waals surface area contributed by atoms with Crippen LogP contribution in [0.25, 0.3) is 0 Å². The molecule has 1 unspecified atom stereocenters. The Balaban J connectivity index is 1.02. The second-order valence-corrected chi connectivity index (χ2v) is 14.7. The lowest BCUT2D eigenvalue weighted by atomic mass is 9.88. The molecule has 0 aliphatic rings. The predicted octanol–water partition coefficient (Wildman–Crippen LogP) is 10.5. The van der Waals surface area contributed by atoms with E-state index in [2.05, 4.69) is 102 Å². The molecule has 0 saturated carbocycles. The van der Waals surface area contributed by atoms with Gasteiger partial charge in [-0.25, -0.2) is 0 Å². The number of nitrogen functional groups attached to an aromatic ring is 1. The number of anilines is 1. The van der Waals surface area contributed by atoms with Crippen LogP contribution in [-0.4, -0.2) is 35.8 Å². The highest BCUT2D eigenvalue weighted by Gasteiger charge is 2.20. The number of aliphatic hydroxyl groups is 1. The summed E-state index contributed by atoms with van der Waals surface area (Å²) in [4.78, 5) is 2.31. The molecule has 0 aliphatic heterocycles.